The van der Waals surface area contributed by atoms with Gasteiger partial charge in [0.25, 0.3) is 0 Å². The first kappa shape index (κ1) is 17.3. The first-order valence-electron chi connectivity index (χ1n) is 7.89. The van der Waals surface area contributed by atoms with Crippen molar-refractivity contribution in [1.82, 2.24) is 4.90 Å². The van der Waals surface area contributed by atoms with Gasteiger partial charge in [-0.3, -0.25) is 4.90 Å². The van der Waals surface area contributed by atoms with E-state index in [1.165, 1.54) is 5.56 Å². The number of para-hydroxylation sites is 2. The van der Waals surface area contributed by atoms with Crippen LogP contribution in [-0.4, -0.2) is 42.9 Å². The Hall–Kier alpha value is -2.04. The Labute approximate surface area is 138 Å². The van der Waals surface area contributed by atoms with Crippen molar-refractivity contribution in [3.63, 3.8) is 0 Å². The predicted molar refractivity (Wildman–Crippen MR) is 91.9 cm³/mol. The van der Waals surface area contributed by atoms with E-state index >= 15 is 0 Å². The molecule has 2 rings (SSSR count). The number of hydrogen-bond donors (Lipinski definition) is 1. The average molecular weight is 315 g/mol. The standard InChI is InChI=1S/C19H25NO3/c1-16(21)14-20(15-17-8-4-3-5-9-17)12-13-23-19-11-7-6-10-18(19)22-2/h3-11,16,21H,12-15H2,1-2H3. The van der Waals surface area contributed by atoms with Crippen LogP contribution in [0.5, 0.6) is 11.5 Å². The third-order valence-electron chi connectivity index (χ3n) is 3.51. The average Bonchev–Trinajstić information content (AvgIpc) is 2.55. The topological polar surface area (TPSA) is 41.9 Å². The van der Waals surface area contributed by atoms with Crippen LogP contribution in [0.2, 0.25) is 0 Å². The van der Waals surface area contributed by atoms with Gasteiger partial charge in [0.05, 0.1) is 13.2 Å². The van der Waals surface area contributed by atoms with Crippen LogP contribution in [0.3, 0.4) is 0 Å². The van der Waals surface area contributed by atoms with Gasteiger partial charge >= 0.3 is 0 Å². The summed E-state index contributed by atoms with van der Waals surface area (Å²) in [6, 6.07) is 17.9. The Morgan fingerprint density at radius 2 is 1.65 bits per heavy atom. The normalized spacial score (nSPS) is 12.2. The summed E-state index contributed by atoms with van der Waals surface area (Å²) in [7, 11) is 1.64. The lowest BCUT2D eigenvalue weighted by molar-refractivity contribution is 0.110. The highest BCUT2D eigenvalue weighted by atomic mass is 16.5. The van der Waals surface area contributed by atoms with Gasteiger partial charge < -0.3 is 14.6 Å². The van der Waals surface area contributed by atoms with Gasteiger partial charge in [0.15, 0.2) is 11.5 Å². The number of aliphatic hydroxyl groups is 1. The van der Waals surface area contributed by atoms with E-state index in [9.17, 15) is 5.11 Å². The highest BCUT2D eigenvalue weighted by Gasteiger charge is 2.10. The molecule has 124 valence electrons. The largest absolute Gasteiger partial charge is 0.493 e. The molecule has 0 aliphatic carbocycles. The lowest BCUT2D eigenvalue weighted by atomic mass is 10.2. The molecule has 0 spiro atoms. The Morgan fingerprint density at radius 3 is 2.30 bits per heavy atom. The highest BCUT2D eigenvalue weighted by molar-refractivity contribution is 5.39. The molecular formula is C19H25NO3. The summed E-state index contributed by atoms with van der Waals surface area (Å²) < 4.78 is 11.1. The minimum atomic E-state index is -0.370. The van der Waals surface area contributed by atoms with Gasteiger partial charge in [0.2, 0.25) is 0 Å². The first-order valence-corrected chi connectivity index (χ1v) is 7.89. The zero-order chi connectivity index (χ0) is 16.5. The van der Waals surface area contributed by atoms with Crippen molar-refractivity contribution in [2.24, 2.45) is 0 Å². The molecule has 4 nitrogen and oxygen atoms in total. The molecular weight excluding hydrogens is 290 g/mol. The molecule has 23 heavy (non-hydrogen) atoms. The molecule has 1 atom stereocenters. The summed E-state index contributed by atoms with van der Waals surface area (Å²) in [6.07, 6.45) is -0.370. The zero-order valence-electron chi connectivity index (χ0n) is 13.8. The molecule has 0 fully saturated rings. The van der Waals surface area contributed by atoms with Gasteiger partial charge in [-0.1, -0.05) is 42.5 Å². The van der Waals surface area contributed by atoms with Gasteiger partial charge in [0, 0.05) is 19.6 Å². The number of aliphatic hydroxyl groups excluding tert-OH is 1. The van der Waals surface area contributed by atoms with Gasteiger partial charge in [-0.15, -0.1) is 0 Å². The summed E-state index contributed by atoms with van der Waals surface area (Å²) in [5.41, 5.74) is 1.23. The summed E-state index contributed by atoms with van der Waals surface area (Å²) in [4.78, 5) is 2.19. The number of methoxy groups -OCH3 is 1. The van der Waals surface area contributed by atoms with Crippen LogP contribution in [0.15, 0.2) is 54.6 Å². The summed E-state index contributed by atoms with van der Waals surface area (Å²) in [6.45, 7) is 4.49. The van der Waals surface area contributed by atoms with Gasteiger partial charge in [-0.25, -0.2) is 0 Å². The fourth-order valence-corrected chi connectivity index (χ4v) is 2.47. The molecule has 0 radical (unpaired) electrons. The van der Waals surface area contributed by atoms with E-state index in [0.717, 1.165) is 24.6 Å². The Morgan fingerprint density at radius 1 is 1.00 bits per heavy atom. The molecule has 0 aliphatic rings. The highest BCUT2D eigenvalue weighted by Crippen LogP contribution is 2.25. The maximum atomic E-state index is 9.70. The van der Waals surface area contributed by atoms with E-state index in [1.807, 2.05) is 42.5 Å². The maximum absolute atomic E-state index is 9.70. The lowest BCUT2D eigenvalue weighted by Gasteiger charge is -2.24. The van der Waals surface area contributed by atoms with Crippen LogP contribution in [0.4, 0.5) is 0 Å². The Balaban J connectivity index is 1.90. The summed E-state index contributed by atoms with van der Waals surface area (Å²) in [5, 5.41) is 9.70. The van der Waals surface area contributed by atoms with Gasteiger partial charge in [0.1, 0.15) is 6.61 Å². The minimum absolute atomic E-state index is 0.370. The fourth-order valence-electron chi connectivity index (χ4n) is 2.47. The second-order valence-electron chi connectivity index (χ2n) is 5.57. The molecule has 0 aliphatic heterocycles. The zero-order valence-corrected chi connectivity index (χ0v) is 13.8. The molecule has 0 saturated heterocycles. The Bertz CT molecular complexity index is 572. The molecule has 2 aromatic carbocycles. The van der Waals surface area contributed by atoms with Crippen LogP contribution in [0.25, 0.3) is 0 Å². The molecule has 0 aromatic heterocycles. The molecule has 4 heteroatoms. The number of nitrogens with zero attached hydrogens (tertiary/aromatic N) is 1. The number of rotatable bonds is 9. The third kappa shape index (κ3) is 5.93. The minimum Gasteiger partial charge on any atom is -0.493 e. The van der Waals surface area contributed by atoms with Crippen molar-refractivity contribution in [3.05, 3.63) is 60.2 Å². The molecule has 0 amide bonds. The van der Waals surface area contributed by atoms with E-state index in [0.29, 0.717) is 13.2 Å². The molecule has 0 bridgehead atoms. The second kappa shape index (κ2) is 9.18. The van der Waals surface area contributed by atoms with Crippen molar-refractivity contribution in [3.8, 4) is 11.5 Å². The fraction of sp³-hybridized carbons (Fsp3) is 0.368. The van der Waals surface area contributed by atoms with Crippen LogP contribution in [-0.2, 0) is 6.54 Å². The number of hydrogen-bond acceptors (Lipinski definition) is 4. The van der Waals surface area contributed by atoms with Crippen molar-refractivity contribution >= 4 is 0 Å². The van der Waals surface area contributed by atoms with Gasteiger partial charge in [-0.05, 0) is 24.6 Å². The van der Waals surface area contributed by atoms with Crippen molar-refractivity contribution < 1.29 is 14.6 Å². The van der Waals surface area contributed by atoms with Crippen LogP contribution in [0, 0.1) is 0 Å². The van der Waals surface area contributed by atoms with Gasteiger partial charge in [-0.2, -0.15) is 0 Å². The van der Waals surface area contributed by atoms with Crippen molar-refractivity contribution in [1.29, 1.82) is 0 Å². The van der Waals surface area contributed by atoms with E-state index in [4.69, 9.17) is 9.47 Å². The number of ether oxygens (including phenoxy) is 2. The summed E-state index contributed by atoms with van der Waals surface area (Å²) >= 11 is 0. The molecule has 0 saturated carbocycles. The molecule has 2 aromatic rings. The van der Waals surface area contributed by atoms with E-state index in [2.05, 4.69) is 17.0 Å². The first-order chi connectivity index (χ1) is 11.2. The lowest BCUT2D eigenvalue weighted by Crippen LogP contribution is -2.34. The van der Waals surface area contributed by atoms with Crippen molar-refractivity contribution in [2.45, 2.75) is 19.6 Å². The monoisotopic (exact) mass is 315 g/mol. The smallest absolute Gasteiger partial charge is 0.161 e. The SMILES string of the molecule is COc1ccccc1OCCN(Cc1ccccc1)CC(C)O. The molecule has 1 N–H and O–H groups in total. The molecule has 0 heterocycles. The van der Waals surface area contributed by atoms with Crippen LogP contribution < -0.4 is 9.47 Å². The quantitative estimate of drug-likeness (QED) is 0.772. The maximum Gasteiger partial charge on any atom is 0.161 e. The van der Waals surface area contributed by atoms with E-state index < -0.39 is 0 Å². The second-order valence-corrected chi connectivity index (χ2v) is 5.57. The van der Waals surface area contributed by atoms with Crippen LogP contribution in [0.1, 0.15) is 12.5 Å². The Kier molecular flexibility index (Phi) is 6.91. The third-order valence-corrected chi connectivity index (χ3v) is 3.51. The van der Waals surface area contributed by atoms with Crippen LogP contribution >= 0.6 is 0 Å². The number of benzene rings is 2. The van der Waals surface area contributed by atoms with Crippen molar-refractivity contribution in [2.75, 3.05) is 26.8 Å². The summed E-state index contributed by atoms with van der Waals surface area (Å²) in [5.74, 6) is 1.48. The van der Waals surface area contributed by atoms with E-state index in [-0.39, 0.29) is 6.10 Å². The predicted octanol–water partition coefficient (Wildman–Crippen LogP) is 2.96. The van der Waals surface area contributed by atoms with E-state index in [1.54, 1.807) is 14.0 Å². The molecule has 1 unspecified atom stereocenters.